The van der Waals surface area contributed by atoms with Gasteiger partial charge in [0.2, 0.25) is 0 Å². The number of hydrogen-bond donors (Lipinski definition) is 2. The Morgan fingerprint density at radius 1 is 1.33 bits per heavy atom. The maximum atomic E-state index is 12.4. The van der Waals surface area contributed by atoms with E-state index in [9.17, 15) is 4.79 Å². The fourth-order valence-corrected chi connectivity index (χ4v) is 3.01. The average molecular weight is 327 g/mol. The zero-order valence-corrected chi connectivity index (χ0v) is 14.2. The summed E-state index contributed by atoms with van der Waals surface area (Å²) in [5, 5.41) is 10.2. The highest BCUT2D eigenvalue weighted by Gasteiger charge is 2.21. The zero-order valence-electron chi connectivity index (χ0n) is 14.2. The summed E-state index contributed by atoms with van der Waals surface area (Å²) < 4.78 is 5.71. The Hall–Kier alpha value is -2.30. The van der Waals surface area contributed by atoms with Crippen molar-refractivity contribution in [1.82, 2.24) is 15.5 Å². The molecule has 2 N–H and O–H groups in total. The molecule has 0 fully saturated rings. The molecule has 0 saturated carbocycles. The molecule has 0 bridgehead atoms. The Balaban J connectivity index is 1.58. The van der Waals surface area contributed by atoms with Crippen LogP contribution in [-0.2, 0) is 19.4 Å². The molecular weight excluding hydrogens is 302 g/mol. The molecule has 5 heteroatoms. The average Bonchev–Trinajstić information content (AvgIpc) is 3.04. The van der Waals surface area contributed by atoms with Crippen molar-refractivity contribution >= 4 is 5.91 Å². The SMILES string of the molecule is CCCCOc1cccc(CNC(=O)c2n[nH]c3c2CCCC3)c1. The number of unbranched alkanes of at least 4 members (excludes halogenated alkanes) is 1. The standard InChI is InChI=1S/C19H25N3O2/c1-2-3-11-24-15-8-6-7-14(12-15)13-20-19(23)18-16-9-4-5-10-17(16)21-22-18/h6-8,12H,2-5,9-11,13H2,1H3,(H,20,23)(H,21,22). The molecule has 1 aromatic carbocycles. The first kappa shape index (κ1) is 16.6. The molecule has 0 radical (unpaired) electrons. The van der Waals surface area contributed by atoms with Gasteiger partial charge in [-0.3, -0.25) is 9.89 Å². The number of aromatic nitrogens is 2. The third kappa shape index (κ3) is 3.96. The van der Waals surface area contributed by atoms with Gasteiger partial charge in [-0.05, 0) is 49.8 Å². The second-order valence-electron chi connectivity index (χ2n) is 6.27. The molecule has 24 heavy (non-hydrogen) atoms. The van der Waals surface area contributed by atoms with E-state index in [1.54, 1.807) is 0 Å². The summed E-state index contributed by atoms with van der Waals surface area (Å²) in [5.41, 5.74) is 3.80. The number of rotatable bonds is 7. The van der Waals surface area contributed by atoms with Crippen LogP contribution < -0.4 is 10.1 Å². The van der Waals surface area contributed by atoms with Crippen molar-refractivity contribution < 1.29 is 9.53 Å². The summed E-state index contributed by atoms with van der Waals surface area (Å²) in [6.45, 7) is 3.35. The normalized spacial score (nSPS) is 13.4. The van der Waals surface area contributed by atoms with Crippen LogP contribution in [0.25, 0.3) is 0 Å². The van der Waals surface area contributed by atoms with Crippen LogP contribution in [0.2, 0.25) is 0 Å². The highest BCUT2D eigenvalue weighted by atomic mass is 16.5. The lowest BCUT2D eigenvalue weighted by Crippen LogP contribution is -2.24. The van der Waals surface area contributed by atoms with Crippen molar-refractivity contribution in [2.45, 2.75) is 52.0 Å². The summed E-state index contributed by atoms with van der Waals surface area (Å²) >= 11 is 0. The number of amides is 1. The summed E-state index contributed by atoms with van der Waals surface area (Å²) in [6, 6.07) is 7.88. The van der Waals surface area contributed by atoms with Gasteiger partial charge in [0, 0.05) is 17.8 Å². The summed E-state index contributed by atoms with van der Waals surface area (Å²) in [4.78, 5) is 12.4. The van der Waals surface area contributed by atoms with Crippen molar-refractivity contribution in [3.63, 3.8) is 0 Å². The van der Waals surface area contributed by atoms with Gasteiger partial charge in [0.25, 0.3) is 5.91 Å². The van der Waals surface area contributed by atoms with E-state index in [0.717, 1.165) is 61.3 Å². The van der Waals surface area contributed by atoms with Gasteiger partial charge >= 0.3 is 0 Å². The second kappa shape index (κ2) is 7.99. The van der Waals surface area contributed by atoms with Crippen molar-refractivity contribution in [3.8, 4) is 5.75 Å². The van der Waals surface area contributed by atoms with E-state index in [-0.39, 0.29) is 5.91 Å². The third-order valence-corrected chi connectivity index (χ3v) is 4.39. The Labute approximate surface area is 142 Å². The molecule has 2 aromatic rings. The summed E-state index contributed by atoms with van der Waals surface area (Å²) in [6.07, 6.45) is 6.39. The number of carbonyl (C=O) groups excluding carboxylic acids is 1. The van der Waals surface area contributed by atoms with Crippen LogP contribution in [-0.4, -0.2) is 22.7 Å². The molecule has 0 unspecified atom stereocenters. The molecular formula is C19H25N3O2. The third-order valence-electron chi connectivity index (χ3n) is 4.39. The molecule has 128 valence electrons. The largest absolute Gasteiger partial charge is 0.494 e. The fourth-order valence-electron chi connectivity index (χ4n) is 3.01. The van der Waals surface area contributed by atoms with Crippen molar-refractivity contribution in [2.24, 2.45) is 0 Å². The van der Waals surface area contributed by atoms with Crippen LogP contribution in [0.5, 0.6) is 5.75 Å². The van der Waals surface area contributed by atoms with Crippen LogP contribution in [0.15, 0.2) is 24.3 Å². The van der Waals surface area contributed by atoms with Crippen molar-refractivity contribution in [2.75, 3.05) is 6.61 Å². The van der Waals surface area contributed by atoms with Gasteiger partial charge in [0.15, 0.2) is 5.69 Å². The minimum atomic E-state index is -0.105. The number of aromatic amines is 1. The van der Waals surface area contributed by atoms with Gasteiger partial charge in [0.1, 0.15) is 5.75 Å². The number of ether oxygens (including phenoxy) is 1. The molecule has 3 rings (SSSR count). The van der Waals surface area contributed by atoms with Crippen LogP contribution in [0.3, 0.4) is 0 Å². The number of H-pyrrole nitrogens is 1. The van der Waals surface area contributed by atoms with Gasteiger partial charge < -0.3 is 10.1 Å². The monoisotopic (exact) mass is 327 g/mol. The number of aryl methyl sites for hydroxylation is 1. The van der Waals surface area contributed by atoms with Gasteiger partial charge in [-0.1, -0.05) is 25.5 Å². The van der Waals surface area contributed by atoms with E-state index in [1.165, 1.54) is 6.42 Å². The summed E-state index contributed by atoms with van der Waals surface area (Å²) in [7, 11) is 0. The number of fused-ring (bicyclic) bond motifs is 1. The lowest BCUT2D eigenvalue weighted by molar-refractivity contribution is 0.0944. The smallest absolute Gasteiger partial charge is 0.272 e. The Morgan fingerprint density at radius 3 is 3.08 bits per heavy atom. The zero-order chi connectivity index (χ0) is 16.8. The predicted molar refractivity (Wildman–Crippen MR) is 93.2 cm³/mol. The number of carbonyl (C=O) groups is 1. The molecule has 1 aromatic heterocycles. The molecule has 1 aliphatic rings. The molecule has 0 aliphatic heterocycles. The highest BCUT2D eigenvalue weighted by Crippen LogP contribution is 2.22. The number of hydrogen-bond acceptors (Lipinski definition) is 3. The van der Waals surface area contributed by atoms with Gasteiger partial charge in [-0.15, -0.1) is 0 Å². The fraction of sp³-hybridized carbons (Fsp3) is 0.474. The molecule has 0 atom stereocenters. The Kier molecular flexibility index (Phi) is 5.51. The lowest BCUT2D eigenvalue weighted by Gasteiger charge is -2.11. The maximum Gasteiger partial charge on any atom is 0.272 e. The van der Waals surface area contributed by atoms with E-state index in [0.29, 0.717) is 12.2 Å². The summed E-state index contributed by atoms with van der Waals surface area (Å²) in [5.74, 6) is 0.749. The minimum absolute atomic E-state index is 0.105. The molecule has 5 nitrogen and oxygen atoms in total. The van der Waals surface area contributed by atoms with E-state index < -0.39 is 0 Å². The molecule has 0 spiro atoms. The van der Waals surface area contributed by atoms with Gasteiger partial charge in [0.05, 0.1) is 6.61 Å². The number of benzene rings is 1. The first-order chi connectivity index (χ1) is 11.8. The second-order valence-corrected chi connectivity index (χ2v) is 6.27. The van der Waals surface area contributed by atoms with E-state index in [2.05, 4.69) is 22.4 Å². The van der Waals surface area contributed by atoms with E-state index in [1.807, 2.05) is 24.3 Å². The van der Waals surface area contributed by atoms with Gasteiger partial charge in [-0.2, -0.15) is 5.10 Å². The van der Waals surface area contributed by atoms with E-state index >= 15 is 0 Å². The molecule has 0 saturated heterocycles. The molecule has 1 aliphatic carbocycles. The Bertz CT molecular complexity index is 694. The highest BCUT2D eigenvalue weighted by molar-refractivity contribution is 5.94. The molecule has 1 amide bonds. The number of nitrogens with zero attached hydrogens (tertiary/aromatic N) is 1. The number of nitrogens with one attached hydrogen (secondary N) is 2. The first-order valence-corrected chi connectivity index (χ1v) is 8.84. The van der Waals surface area contributed by atoms with Crippen LogP contribution in [0, 0.1) is 0 Å². The Morgan fingerprint density at radius 2 is 2.21 bits per heavy atom. The van der Waals surface area contributed by atoms with E-state index in [4.69, 9.17) is 4.74 Å². The van der Waals surface area contributed by atoms with Gasteiger partial charge in [-0.25, -0.2) is 0 Å². The van der Waals surface area contributed by atoms with Crippen molar-refractivity contribution in [3.05, 3.63) is 46.8 Å². The maximum absolute atomic E-state index is 12.4. The first-order valence-electron chi connectivity index (χ1n) is 8.84. The van der Waals surface area contributed by atoms with Crippen molar-refractivity contribution in [1.29, 1.82) is 0 Å². The van der Waals surface area contributed by atoms with Crippen LogP contribution in [0.1, 0.15) is 59.9 Å². The quantitative estimate of drug-likeness (QED) is 0.766. The van der Waals surface area contributed by atoms with Crippen LogP contribution >= 0.6 is 0 Å². The predicted octanol–water partition coefficient (Wildman–Crippen LogP) is 3.40. The van der Waals surface area contributed by atoms with Crippen LogP contribution in [0.4, 0.5) is 0 Å². The molecule has 1 heterocycles. The topological polar surface area (TPSA) is 67.0 Å². The minimum Gasteiger partial charge on any atom is -0.494 e. The lowest BCUT2D eigenvalue weighted by atomic mass is 9.96.